The summed E-state index contributed by atoms with van der Waals surface area (Å²) in [4.78, 5) is 43.8. The van der Waals surface area contributed by atoms with Crippen LogP contribution < -0.4 is 16.2 Å². The largest absolute Gasteiger partial charge is 0.382 e. The summed E-state index contributed by atoms with van der Waals surface area (Å²) >= 11 is 0. The molecule has 9 heteroatoms. The Bertz CT molecular complexity index is 1330. The van der Waals surface area contributed by atoms with Crippen LogP contribution in [0.15, 0.2) is 41.3 Å². The Balaban J connectivity index is 1.45. The minimum atomic E-state index is -0.0731. The number of nitrogens with zero attached hydrogens (tertiary/aromatic N) is 4. The number of amides is 2. The molecule has 2 atom stereocenters. The van der Waals surface area contributed by atoms with E-state index in [1.54, 1.807) is 22.9 Å². The molecule has 5 rings (SSSR count). The highest BCUT2D eigenvalue weighted by atomic mass is 16.2. The van der Waals surface area contributed by atoms with Crippen LogP contribution in [0.3, 0.4) is 0 Å². The second-order valence-corrected chi connectivity index (χ2v) is 9.67. The molecule has 184 valence electrons. The summed E-state index contributed by atoms with van der Waals surface area (Å²) in [5.41, 5.74) is 4.12. The third-order valence-corrected chi connectivity index (χ3v) is 7.05. The molecule has 1 aromatic carbocycles. The molecule has 4 heterocycles. The average molecular weight is 477 g/mol. The van der Waals surface area contributed by atoms with E-state index in [1.807, 2.05) is 21.6 Å². The second-order valence-electron chi connectivity index (χ2n) is 9.67. The van der Waals surface area contributed by atoms with Crippen LogP contribution in [0.4, 0.5) is 5.69 Å². The number of benzene rings is 1. The van der Waals surface area contributed by atoms with E-state index in [9.17, 15) is 14.4 Å². The topological polar surface area (TPSA) is 101 Å². The highest BCUT2D eigenvalue weighted by molar-refractivity contribution is 5.87. The van der Waals surface area contributed by atoms with Crippen molar-refractivity contribution >= 4 is 28.5 Å². The average Bonchev–Trinajstić information content (AvgIpc) is 3.42. The second kappa shape index (κ2) is 9.56. The fourth-order valence-corrected chi connectivity index (χ4v) is 5.24. The Morgan fingerprint density at radius 2 is 2.06 bits per heavy atom. The lowest BCUT2D eigenvalue weighted by atomic mass is 9.98. The molecule has 2 aliphatic heterocycles. The molecular formula is C26H32N6O3. The van der Waals surface area contributed by atoms with Gasteiger partial charge in [-0.15, -0.1) is 0 Å². The molecule has 3 aromatic rings. The van der Waals surface area contributed by atoms with E-state index in [0.29, 0.717) is 32.1 Å². The molecule has 0 unspecified atom stereocenters. The van der Waals surface area contributed by atoms with Crippen LogP contribution in [0.2, 0.25) is 0 Å². The first-order valence-corrected chi connectivity index (χ1v) is 12.4. The predicted octanol–water partition coefficient (Wildman–Crippen LogP) is 1.92. The predicted molar refractivity (Wildman–Crippen MR) is 134 cm³/mol. The van der Waals surface area contributed by atoms with Gasteiger partial charge in [-0.05, 0) is 44.4 Å². The van der Waals surface area contributed by atoms with Gasteiger partial charge in [0.1, 0.15) is 12.4 Å². The molecular weight excluding hydrogens is 444 g/mol. The standard InChI is InChI=1S/C26H32N6O3/c1-17-6-7-20-21(27-17)8-9-22-26(20)29-23(11-14-30-12-4-3-5-24(30)34)32(22)16-25(35)31-13-10-19(15-31)28-18(2)33/h3-5,8-9,12,17,19,27H,6-7,10-11,13-16H2,1-2H3,(H,28,33)/t17-,19+/m0/s1. The van der Waals surface area contributed by atoms with Crippen LogP contribution in [0.5, 0.6) is 0 Å². The fraction of sp³-hybridized carbons (Fsp3) is 0.462. The maximum Gasteiger partial charge on any atom is 0.250 e. The van der Waals surface area contributed by atoms with Gasteiger partial charge in [-0.25, -0.2) is 4.98 Å². The molecule has 0 bridgehead atoms. The normalized spacial score (nSPS) is 19.4. The van der Waals surface area contributed by atoms with Gasteiger partial charge in [-0.3, -0.25) is 14.4 Å². The number of aromatic nitrogens is 3. The fourth-order valence-electron chi connectivity index (χ4n) is 5.24. The van der Waals surface area contributed by atoms with Crippen molar-refractivity contribution in [1.29, 1.82) is 0 Å². The quantitative estimate of drug-likeness (QED) is 0.566. The van der Waals surface area contributed by atoms with Gasteiger partial charge in [0.15, 0.2) is 0 Å². The zero-order valence-corrected chi connectivity index (χ0v) is 20.3. The van der Waals surface area contributed by atoms with Crippen molar-refractivity contribution in [2.45, 2.75) is 64.7 Å². The van der Waals surface area contributed by atoms with Gasteiger partial charge in [0.05, 0.1) is 11.0 Å². The number of carbonyl (C=O) groups is 2. The molecule has 0 saturated carbocycles. The number of anilines is 1. The number of fused-ring (bicyclic) bond motifs is 3. The van der Waals surface area contributed by atoms with E-state index in [4.69, 9.17) is 4.98 Å². The van der Waals surface area contributed by atoms with Crippen molar-refractivity contribution < 1.29 is 9.59 Å². The molecule has 1 saturated heterocycles. The number of imidazole rings is 1. The number of hydrogen-bond donors (Lipinski definition) is 2. The first-order valence-electron chi connectivity index (χ1n) is 12.4. The lowest BCUT2D eigenvalue weighted by Gasteiger charge is -2.24. The number of hydrogen-bond acceptors (Lipinski definition) is 5. The first kappa shape index (κ1) is 23.1. The summed E-state index contributed by atoms with van der Waals surface area (Å²) in [7, 11) is 0. The van der Waals surface area contributed by atoms with Crippen LogP contribution in [0.1, 0.15) is 38.1 Å². The van der Waals surface area contributed by atoms with E-state index in [1.165, 1.54) is 12.5 Å². The van der Waals surface area contributed by atoms with Gasteiger partial charge in [-0.2, -0.15) is 0 Å². The SMILES string of the molecule is CC(=O)N[C@@H]1CCN(C(=O)Cn2c(CCn3ccccc3=O)nc3c4c(ccc32)N[C@@H](C)CC4)C1. The third-order valence-electron chi connectivity index (χ3n) is 7.05. The van der Waals surface area contributed by atoms with Crippen molar-refractivity contribution in [3.8, 4) is 0 Å². The molecule has 2 N–H and O–H groups in total. The minimum absolute atomic E-state index is 0.000455. The van der Waals surface area contributed by atoms with Gasteiger partial charge in [0.2, 0.25) is 11.8 Å². The van der Waals surface area contributed by atoms with Crippen LogP contribution in [0, 0.1) is 0 Å². The molecule has 2 aromatic heterocycles. The number of rotatable bonds is 6. The number of aryl methyl sites for hydroxylation is 3. The zero-order chi connectivity index (χ0) is 24.5. The summed E-state index contributed by atoms with van der Waals surface area (Å²) in [6.07, 6.45) is 5.05. The monoisotopic (exact) mass is 476 g/mol. The minimum Gasteiger partial charge on any atom is -0.382 e. The summed E-state index contributed by atoms with van der Waals surface area (Å²) in [5, 5.41) is 6.46. The molecule has 0 aliphatic carbocycles. The Morgan fingerprint density at radius 3 is 2.86 bits per heavy atom. The highest BCUT2D eigenvalue weighted by Crippen LogP contribution is 2.32. The Morgan fingerprint density at radius 1 is 1.20 bits per heavy atom. The Labute approximate surface area is 204 Å². The van der Waals surface area contributed by atoms with Gasteiger partial charge in [0.25, 0.3) is 5.56 Å². The van der Waals surface area contributed by atoms with E-state index in [-0.39, 0.29) is 30.0 Å². The summed E-state index contributed by atoms with van der Waals surface area (Å²) in [6.45, 7) is 5.51. The smallest absolute Gasteiger partial charge is 0.250 e. The van der Waals surface area contributed by atoms with Crippen LogP contribution in [-0.2, 0) is 35.5 Å². The zero-order valence-electron chi connectivity index (χ0n) is 20.3. The van der Waals surface area contributed by atoms with Crippen LogP contribution >= 0.6 is 0 Å². The molecule has 2 aliphatic rings. The molecule has 9 nitrogen and oxygen atoms in total. The van der Waals surface area contributed by atoms with Crippen LogP contribution in [0.25, 0.3) is 11.0 Å². The van der Waals surface area contributed by atoms with Crippen molar-refractivity contribution in [2.75, 3.05) is 18.4 Å². The summed E-state index contributed by atoms with van der Waals surface area (Å²) in [5.74, 6) is 0.740. The van der Waals surface area contributed by atoms with Crippen molar-refractivity contribution in [3.63, 3.8) is 0 Å². The number of carbonyl (C=O) groups excluding carboxylic acids is 2. The van der Waals surface area contributed by atoms with Crippen molar-refractivity contribution in [2.24, 2.45) is 0 Å². The molecule has 1 fully saturated rings. The number of nitrogens with one attached hydrogen (secondary N) is 2. The third kappa shape index (κ3) is 4.80. The van der Waals surface area contributed by atoms with Crippen LogP contribution in [-0.4, -0.2) is 56.0 Å². The van der Waals surface area contributed by atoms with Gasteiger partial charge < -0.3 is 24.7 Å². The maximum absolute atomic E-state index is 13.3. The van der Waals surface area contributed by atoms with E-state index in [2.05, 4.69) is 23.6 Å². The molecule has 0 spiro atoms. The van der Waals surface area contributed by atoms with Gasteiger partial charge in [-0.1, -0.05) is 6.07 Å². The van der Waals surface area contributed by atoms with E-state index >= 15 is 0 Å². The van der Waals surface area contributed by atoms with Gasteiger partial charge in [0, 0.05) is 68.6 Å². The maximum atomic E-state index is 13.3. The van der Waals surface area contributed by atoms with Gasteiger partial charge >= 0.3 is 0 Å². The molecule has 2 amide bonds. The number of pyridine rings is 1. The number of likely N-dealkylation sites (tertiary alicyclic amines) is 1. The Hall–Kier alpha value is -3.62. The summed E-state index contributed by atoms with van der Waals surface area (Å²) < 4.78 is 3.68. The Kier molecular flexibility index (Phi) is 6.32. The van der Waals surface area contributed by atoms with E-state index in [0.717, 1.165) is 41.8 Å². The van der Waals surface area contributed by atoms with E-state index < -0.39 is 0 Å². The molecule has 35 heavy (non-hydrogen) atoms. The van der Waals surface area contributed by atoms with Crippen molar-refractivity contribution in [1.82, 2.24) is 24.3 Å². The molecule has 0 radical (unpaired) electrons. The summed E-state index contributed by atoms with van der Waals surface area (Å²) in [6, 6.07) is 9.67. The highest BCUT2D eigenvalue weighted by Gasteiger charge is 2.28. The lowest BCUT2D eigenvalue weighted by molar-refractivity contribution is -0.131. The van der Waals surface area contributed by atoms with Crippen molar-refractivity contribution in [3.05, 3.63) is 58.3 Å². The lowest BCUT2D eigenvalue weighted by Crippen LogP contribution is -2.38. The first-order chi connectivity index (χ1) is 16.9.